The van der Waals surface area contributed by atoms with Crippen LogP contribution in [0.2, 0.25) is 0 Å². The highest BCUT2D eigenvalue weighted by Gasteiger charge is 2.10. The fourth-order valence-corrected chi connectivity index (χ4v) is 2.91. The molecule has 0 aliphatic carbocycles. The lowest BCUT2D eigenvalue weighted by molar-refractivity contribution is -0.115. The third kappa shape index (κ3) is 2.92. The Morgan fingerprint density at radius 1 is 1.23 bits per heavy atom. The van der Waals surface area contributed by atoms with Crippen molar-refractivity contribution < 1.29 is 4.79 Å². The number of amides is 1. The van der Waals surface area contributed by atoms with E-state index in [0.29, 0.717) is 6.42 Å². The van der Waals surface area contributed by atoms with Gasteiger partial charge in [-0.2, -0.15) is 0 Å². The van der Waals surface area contributed by atoms with Gasteiger partial charge in [0.25, 0.3) is 0 Å². The van der Waals surface area contributed by atoms with Crippen LogP contribution in [0.1, 0.15) is 11.1 Å². The van der Waals surface area contributed by atoms with Crippen LogP contribution in [0.4, 0.5) is 5.69 Å². The number of benzene rings is 2. The zero-order valence-corrected chi connectivity index (χ0v) is 14.1. The number of hydrogen-bond donors (Lipinski definition) is 1. The van der Waals surface area contributed by atoms with Crippen LogP contribution in [-0.4, -0.2) is 10.5 Å². The standard InChI is InChI=1S/C18H17BrN2O/c1-12-9-14(7-8-16(12)19)20-18(22)10-13-11-21(2)17-6-4-3-5-15(13)17/h3-9,11H,10H2,1-2H3,(H,20,22). The van der Waals surface area contributed by atoms with Gasteiger partial charge in [0.05, 0.1) is 6.42 Å². The number of para-hydroxylation sites is 1. The normalized spacial score (nSPS) is 10.9. The highest BCUT2D eigenvalue weighted by atomic mass is 79.9. The molecule has 1 heterocycles. The monoisotopic (exact) mass is 356 g/mol. The molecule has 0 radical (unpaired) electrons. The maximum Gasteiger partial charge on any atom is 0.228 e. The molecule has 0 unspecified atom stereocenters. The maximum atomic E-state index is 12.3. The topological polar surface area (TPSA) is 34.0 Å². The van der Waals surface area contributed by atoms with Gasteiger partial charge in [0, 0.05) is 34.3 Å². The Morgan fingerprint density at radius 3 is 2.77 bits per heavy atom. The van der Waals surface area contributed by atoms with E-state index in [0.717, 1.165) is 32.2 Å². The number of carbonyl (C=O) groups excluding carboxylic acids is 1. The molecule has 2 aromatic carbocycles. The van der Waals surface area contributed by atoms with E-state index in [9.17, 15) is 4.79 Å². The molecule has 3 nitrogen and oxygen atoms in total. The van der Waals surface area contributed by atoms with E-state index in [1.807, 2.05) is 50.5 Å². The number of hydrogen-bond acceptors (Lipinski definition) is 1. The predicted molar refractivity (Wildman–Crippen MR) is 94.1 cm³/mol. The minimum Gasteiger partial charge on any atom is -0.350 e. The number of aryl methyl sites for hydroxylation is 2. The molecular weight excluding hydrogens is 340 g/mol. The van der Waals surface area contributed by atoms with Crippen molar-refractivity contribution in [1.82, 2.24) is 4.57 Å². The third-order valence-electron chi connectivity index (χ3n) is 3.77. The van der Waals surface area contributed by atoms with Crippen LogP contribution < -0.4 is 5.32 Å². The fourth-order valence-electron chi connectivity index (χ4n) is 2.67. The summed E-state index contributed by atoms with van der Waals surface area (Å²) in [4.78, 5) is 12.3. The smallest absolute Gasteiger partial charge is 0.228 e. The first kappa shape index (κ1) is 14.9. The third-order valence-corrected chi connectivity index (χ3v) is 4.66. The second-order valence-corrected chi connectivity index (χ2v) is 6.33. The highest BCUT2D eigenvalue weighted by molar-refractivity contribution is 9.10. The van der Waals surface area contributed by atoms with Gasteiger partial charge in [-0.05, 0) is 42.3 Å². The Labute approximate surface area is 138 Å². The van der Waals surface area contributed by atoms with E-state index in [1.165, 1.54) is 0 Å². The van der Waals surface area contributed by atoms with Gasteiger partial charge in [0.2, 0.25) is 5.91 Å². The minimum absolute atomic E-state index is 0.00178. The summed E-state index contributed by atoms with van der Waals surface area (Å²) in [5.74, 6) is -0.00178. The fraction of sp³-hybridized carbons (Fsp3) is 0.167. The van der Waals surface area contributed by atoms with Crippen molar-refractivity contribution in [3.8, 4) is 0 Å². The van der Waals surface area contributed by atoms with Crippen LogP contribution in [-0.2, 0) is 18.3 Å². The predicted octanol–water partition coefficient (Wildman–Crippen LogP) is 4.43. The zero-order valence-electron chi connectivity index (χ0n) is 12.6. The minimum atomic E-state index is -0.00178. The molecule has 1 N–H and O–H groups in total. The van der Waals surface area contributed by atoms with Crippen molar-refractivity contribution in [2.75, 3.05) is 5.32 Å². The van der Waals surface area contributed by atoms with Gasteiger partial charge < -0.3 is 9.88 Å². The van der Waals surface area contributed by atoms with Gasteiger partial charge in [-0.25, -0.2) is 0 Å². The van der Waals surface area contributed by atoms with Gasteiger partial charge in [-0.1, -0.05) is 34.1 Å². The molecule has 22 heavy (non-hydrogen) atoms. The number of nitrogens with zero attached hydrogens (tertiary/aromatic N) is 1. The molecule has 0 spiro atoms. The molecule has 0 bridgehead atoms. The Hall–Kier alpha value is -2.07. The number of aromatic nitrogens is 1. The van der Waals surface area contributed by atoms with E-state index in [2.05, 4.69) is 37.9 Å². The summed E-state index contributed by atoms with van der Waals surface area (Å²) in [6.07, 6.45) is 2.40. The second-order valence-electron chi connectivity index (χ2n) is 5.47. The van der Waals surface area contributed by atoms with Gasteiger partial charge in [-0.3, -0.25) is 4.79 Å². The molecule has 4 heteroatoms. The average Bonchev–Trinajstić information content (AvgIpc) is 2.80. The van der Waals surface area contributed by atoms with E-state index < -0.39 is 0 Å². The van der Waals surface area contributed by atoms with Crippen LogP contribution in [0, 0.1) is 6.92 Å². The quantitative estimate of drug-likeness (QED) is 0.739. The van der Waals surface area contributed by atoms with Crippen molar-refractivity contribution in [3.63, 3.8) is 0 Å². The summed E-state index contributed by atoms with van der Waals surface area (Å²) in [5.41, 5.74) is 4.11. The number of rotatable bonds is 3. The summed E-state index contributed by atoms with van der Waals surface area (Å²) in [5, 5.41) is 4.09. The average molecular weight is 357 g/mol. The Kier molecular flexibility index (Phi) is 4.03. The lowest BCUT2D eigenvalue weighted by Crippen LogP contribution is -2.14. The zero-order chi connectivity index (χ0) is 15.7. The van der Waals surface area contributed by atoms with Gasteiger partial charge >= 0.3 is 0 Å². The van der Waals surface area contributed by atoms with Crippen molar-refractivity contribution >= 4 is 38.4 Å². The molecule has 3 rings (SSSR count). The maximum absolute atomic E-state index is 12.3. The first-order valence-electron chi connectivity index (χ1n) is 7.13. The molecule has 112 valence electrons. The molecule has 1 amide bonds. The molecule has 0 aliphatic rings. The first-order valence-corrected chi connectivity index (χ1v) is 7.93. The van der Waals surface area contributed by atoms with Crippen molar-refractivity contribution in [2.24, 2.45) is 7.05 Å². The Bertz CT molecular complexity index is 851. The van der Waals surface area contributed by atoms with Crippen molar-refractivity contribution in [2.45, 2.75) is 13.3 Å². The van der Waals surface area contributed by atoms with E-state index in [-0.39, 0.29) is 5.91 Å². The van der Waals surface area contributed by atoms with E-state index in [4.69, 9.17) is 0 Å². The number of carbonyl (C=O) groups is 1. The Morgan fingerprint density at radius 2 is 2.00 bits per heavy atom. The van der Waals surface area contributed by atoms with Gasteiger partial charge in [-0.15, -0.1) is 0 Å². The molecule has 0 saturated carbocycles. The summed E-state index contributed by atoms with van der Waals surface area (Å²) >= 11 is 3.46. The summed E-state index contributed by atoms with van der Waals surface area (Å²) in [7, 11) is 2.00. The summed E-state index contributed by atoms with van der Waals surface area (Å²) < 4.78 is 3.10. The number of nitrogens with one attached hydrogen (secondary N) is 1. The summed E-state index contributed by atoms with van der Waals surface area (Å²) in [6.45, 7) is 2.00. The molecule has 0 atom stereocenters. The first-order chi connectivity index (χ1) is 10.5. The van der Waals surface area contributed by atoms with Crippen LogP contribution in [0.25, 0.3) is 10.9 Å². The van der Waals surface area contributed by atoms with E-state index >= 15 is 0 Å². The van der Waals surface area contributed by atoms with Crippen LogP contribution >= 0.6 is 15.9 Å². The molecule has 0 aliphatic heterocycles. The SMILES string of the molecule is Cc1cc(NC(=O)Cc2cn(C)c3ccccc23)ccc1Br. The number of halogens is 1. The lowest BCUT2D eigenvalue weighted by Gasteiger charge is -2.07. The molecule has 0 fully saturated rings. The molecular formula is C18H17BrN2O. The molecule has 1 aromatic heterocycles. The second kappa shape index (κ2) is 5.97. The molecule has 0 saturated heterocycles. The summed E-state index contributed by atoms with van der Waals surface area (Å²) in [6, 6.07) is 13.9. The van der Waals surface area contributed by atoms with E-state index in [1.54, 1.807) is 0 Å². The van der Waals surface area contributed by atoms with Gasteiger partial charge in [0.1, 0.15) is 0 Å². The number of fused-ring (bicyclic) bond motifs is 1. The number of anilines is 1. The van der Waals surface area contributed by atoms with Crippen LogP contribution in [0.3, 0.4) is 0 Å². The van der Waals surface area contributed by atoms with Gasteiger partial charge in [0.15, 0.2) is 0 Å². The van der Waals surface area contributed by atoms with Crippen molar-refractivity contribution in [1.29, 1.82) is 0 Å². The largest absolute Gasteiger partial charge is 0.350 e. The van der Waals surface area contributed by atoms with Crippen LogP contribution in [0.15, 0.2) is 53.1 Å². The highest BCUT2D eigenvalue weighted by Crippen LogP contribution is 2.22. The molecule has 3 aromatic rings. The lowest BCUT2D eigenvalue weighted by atomic mass is 10.1. The van der Waals surface area contributed by atoms with Crippen LogP contribution in [0.5, 0.6) is 0 Å². The van der Waals surface area contributed by atoms with Crippen molar-refractivity contribution in [3.05, 3.63) is 64.3 Å². The Balaban J connectivity index is 1.80.